The molecule has 3 aromatic rings. The number of rotatable bonds is 5. The molecule has 1 fully saturated rings. The van der Waals surface area contributed by atoms with E-state index in [1.54, 1.807) is 12.1 Å². The van der Waals surface area contributed by atoms with Crippen LogP contribution in [0.1, 0.15) is 12.1 Å². The summed E-state index contributed by atoms with van der Waals surface area (Å²) in [6.45, 7) is 0.264. The second kappa shape index (κ2) is 8.05. The van der Waals surface area contributed by atoms with Gasteiger partial charge in [0.2, 0.25) is 11.8 Å². The lowest BCUT2D eigenvalue weighted by Gasteiger charge is -2.17. The van der Waals surface area contributed by atoms with Crippen molar-refractivity contribution in [3.63, 3.8) is 0 Å². The highest BCUT2D eigenvalue weighted by Gasteiger charge is 2.32. The van der Waals surface area contributed by atoms with Crippen molar-refractivity contribution >= 4 is 29.1 Å². The molecule has 148 valence electrons. The van der Waals surface area contributed by atoms with Crippen molar-refractivity contribution in [3.8, 4) is 11.3 Å². The van der Waals surface area contributed by atoms with E-state index in [1.165, 1.54) is 17.0 Å². The Morgan fingerprint density at radius 3 is 2.79 bits per heavy atom. The number of halogens is 2. The second-order valence-corrected chi connectivity index (χ2v) is 7.20. The zero-order valence-electron chi connectivity index (χ0n) is 15.3. The summed E-state index contributed by atoms with van der Waals surface area (Å²) >= 11 is 5.69. The third kappa shape index (κ3) is 4.30. The predicted molar refractivity (Wildman–Crippen MR) is 106 cm³/mol. The smallest absolute Gasteiger partial charge is 0.229 e. The maximum atomic E-state index is 13.7. The van der Waals surface area contributed by atoms with Crippen LogP contribution in [0.2, 0.25) is 5.02 Å². The van der Waals surface area contributed by atoms with Gasteiger partial charge in [0.05, 0.1) is 23.2 Å². The molecule has 0 bridgehead atoms. The number of aromatic nitrogens is 1. The van der Waals surface area contributed by atoms with Crippen LogP contribution in [0, 0.1) is 5.82 Å². The highest BCUT2D eigenvalue weighted by atomic mass is 35.5. The van der Waals surface area contributed by atoms with Gasteiger partial charge >= 0.3 is 0 Å². The fraction of sp³-hybridized carbons (Fsp3) is 0.190. The molecule has 2 heterocycles. The fourth-order valence-corrected chi connectivity index (χ4v) is 3.40. The number of carbonyl (C=O) groups is 2. The largest absolute Gasteiger partial charge is 0.356 e. The van der Waals surface area contributed by atoms with E-state index < -0.39 is 5.82 Å². The number of amides is 2. The Kier molecular flexibility index (Phi) is 5.31. The lowest BCUT2D eigenvalue weighted by molar-refractivity contribution is -0.121. The zero-order valence-corrected chi connectivity index (χ0v) is 16.0. The van der Waals surface area contributed by atoms with Crippen LogP contribution in [-0.2, 0) is 16.0 Å². The van der Waals surface area contributed by atoms with Gasteiger partial charge in [-0.25, -0.2) is 4.39 Å². The molecule has 1 unspecified atom stereocenters. The van der Waals surface area contributed by atoms with Crippen LogP contribution in [0.15, 0.2) is 59.1 Å². The third-order valence-corrected chi connectivity index (χ3v) is 4.97. The van der Waals surface area contributed by atoms with Gasteiger partial charge in [-0.2, -0.15) is 0 Å². The molecular formula is C21H17ClFN3O3. The van der Waals surface area contributed by atoms with Crippen molar-refractivity contribution in [3.05, 3.63) is 71.1 Å². The van der Waals surface area contributed by atoms with E-state index in [2.05, 4.69) is 10.5 Å². The van der Waals surface area contributed by atoms with Gasteiger partial charge in [-0.3, -0.25) is 9.59 Å². The van der Waals surface area contributed by atoms with Crippen LogP contribution < -0.4 is 10.2 Å². The van der Waals surface area contributed by atoms with Gasteiger partial charge in [0.25, 0.3) is 0 Å². The van der Waals surface area contributed by atoms with E-state index in [9.17, 15) is 14.0 Å². The van der Waals surface area contributed by atoms with Crippen molar-refractivity contribution in [2.75, 3.05) is 11.4 Å². The lowest BCUT2D eigenvalue weighted by Crippen LogP contribution is -2.38. The first-order valence-electron chi connectivity index (χ1n) is 9.05. The monoisotopic (exact) mass is 413 g/mol. The van der Waals surface area contributed by atoms with Gasteiger partial charge in [-0.1, -0.05) is 47.1 Å². The molecule has 1 aliphatic rings. The second-order valence-electron chi connectivity index (χ2n) is 6.80. The van der Waals surface area contributed by atoms with Gasteiger partial charge in [-0.05, 0) is 18.2 Å². The van der Waals surface area contributed by atoms with Crippen molar-refractivity contribution in [2.45, 2.75) is 18.9 Å². The Balaban J connectivity index is 1.36. The number of benzene rings is 2. The topological polar surface area (TPSA) is 75.4 Å². The maximum absolute atomic E-state index is 13.7. The van der Waals surface area contributed by atoms with Crippen molar-refractivity contribution in [1.29, 1.82) is 0 Å². The average molecular weight is 414 g/mol. The molecule has 0 radical (unpaired) electrons. The summed E-state index contributed by atoms with van der Waals surface area (Å²) in [7, 11) is 0. The van der Waals surface area contributed by atoms with Gasteiger partial charge in [-0.15, -0.1) is 0 Å². The SMILES string of the molecule is O=C(Cc1cc(-c2ccccc2)on1)NC1CC(=O)N(c2ccc(Cl)c(F)c2)C1. The number of hydrogen-bond donors (Lipinski definition) is 1. The van der Waals surface area contributed by atoms with Gasteiger partial charge in [0, 0.05) is 30.3 Å². The highest BCUT2D eigenvalue weighted by molar-refractivity contribution is 6.30. The van der Waals surface area contributed by atoms with E-state index in [0.29, 0.717) is 17.1 Å². The molecule has 0 spiro atoms. The Hall–Kier alpha value is -3.19. The van der Waals surface area contributed by atoms with E-state index >= 15 is 0 Å². The number of carbonyl (C=O) groups excluding carboxylic acids is 2. The first kappa shape index (κ1) is 19.1. The molecule has 1 N–H and O–H groups in total. The Morgan fingerprint density at radius 1 is 1.24 bits per heavy atom. The summed E-state index contributed by atoms with van der Waals surface area (Å²) in [4.78, 5) is 26.1. The minimum atomic E-state index is -0.593. The van der Waals surface area contributed by atoms with Crippen molar-refractivity contribution in [1.82, 2.24) is 10.5 Å². The summed E-state index contributed by atoms with van der Waals surface area (Å²) in [6, 6.07) is 15.0. The number of hydrogen-bond acceptors (Lipinski definition) is 4. The van der Waals surface area contributed by atoms with Crippen LogP contribution in [-0.4, -0.2) is 29.6 Å². The molecule has 0 aliphatic carbocycles. The molecule has 6 nitrogen and oxygen atoms in total. The standard InChI is InChI=1S/C21H17ClFN3O3/c22-17-7-6-16(11-18(17)23)26-12-15(10-21(26)28)24-20(27)9-14-8-19(29-25-14)13-4-2-1-3-5-13/h1-8,11,15H,9-10,12H2,(H,24,27). The lowest BCUT2D eigenvalue weighted by atomic mass is 10.1. The summed E-state index contributed by atoms with van der Waals surface area (Å²) in [6.07, 6.45) is 0.181. The van der Waals surface area contributed by atoms with E-state index in [0.717, 1.165) is 5.56 Å². The molecule has 2 amide bonds. The summed E-state index contributed by atoms with van der Waals surface area (Å²) in [5.41, 5.74) is 1.79. The van der Waals surface area contributed by atoms with Gasteiger partial charge < -0.3 is 14.7 Å². The molecule has 4 rings (SSSR count). The van der Waals surface area contributed by atoms with Crippen molar-refractivity contribution < 1.29 is 18.5 Å². The molecule has 8 heteroatoms. The first-order chi connectivity index (χ1) is 14.0. The Labute approximate surface area is 171 Å². The van der Waals surface area contributed by atoms with Crippen LogP contribution in [0.25, 0.3) is 11.3 Å². The molecule has 1 saturated heterocycles. The summed E-state index contributed by atoms with van der Waals surface area (Å²) < 4.78 is 19.0. The van der Waals surface area contributed by atoms with Crippen LogP contribution in [0.4, 0.5) is 10.1 Å². The zero-order chi connectivity index (χ0) is 20.4. The summed E-state index contributed by atoms with van der Waals surface area (Å²) in [5, 5.41) is 6.76. The van der Waals surface area contributed by atoms with Crippen LogP contribution in [0.5, 0.6) is 0 Å². The predicted octanol–water partition coefficient (Wildman–Crippen LogP) is 3.60. The molecular weight excluding hydrogens is 397 g/mol. The summed E-state index contributed by atoms with van der Waals surface area (Å²) in [5.74, 6) is -0.463. The number of nitrogens with one attached hydrogen (secondary N) is 1. The molecule has 0 saturated carbocycles. The molecule has 1 atom stereocenters. The maximum Gasteiger partial charge on any atom is 0.229 e. The number of anilines is 1. The van der Waals surface area contributed by atoms with Crippen LogP contribution >= 0.6 is 11.6 Å². The Bertz CT molecular complexity index is 1050. The van der Waals surface area contributed by atoms with E-state index in [-0.39, 0.29) is 42.3 Å². The third-order valence-electron chi connectivity index (χ3n) is 4.66. The van der Waals surface area contributed by atoms with Crippen molar-refractivity contribution in [2.24, 2.45) is 0 Å². The Morgan fingerprint density at radius 2 is 2.03 bits per heavy atom. The minimum absolute atomic E-state index is 0.00673. The minimum Gasteiger partial charge on any atom is -0.356 e. The quantitative estimate of drug-likeness (QED) is 0.693. The molecule has 1 aromatic heterocycles. The fourth-order valence-electron chi connectivity index (χ4n) is 3.28. The van der Waals surface area contributed by atoms with Crippen LogP contribution in [0.3, 0.4) is 0 Å². The molecule has 1 aliphatic heterocycles. The van der Waals surface area contributed by atoms with Gasteiger partial charge in [0.15, 0.2) is 5.76 Å². The molecule has 2 aromatic carbocycles. The average Bonchev–Trinajstić information content (AvgIpc) is 3.31. The van der Waals surface area contributed by atoms with Gasteiger partial charge in [0.1, 0.15) is 5.82 Å². The molecule has 29 heavy (non-hydrogen) atoms. The normalized spacial score (nSPS) is 16.3. The van der Waals surface area contributed by atoms with E-state index in [4.69, 9.17) is 16.1 Å². The highest BCUT2D eigenvalue weighted by Crippen LogP contribution is 2.26. The first-order valence-corrected chi connectivity index (χ1v) is 9.43. The number of nitrogens with zero attached hydrogens (tertiary/aromatic N) is 2. The van der Waals surface area contributed by atoms with E-state index in [1.807, 2.05) is 30.3 Å².